The van der Waals surface area contributed by atoms with Gasteiger partial charge >= 0.3 is 0 Å². The minimum Gasteiger partial charge on any atom is -0.398 e. The molecule has 0 bridgehead atoms. The van der Waals surface area contributed by atoms with Crippen molar-refractivity contribution < 1.29 is 4.79 Å². The van der Waals surface area contributed by atoms with Gasteiger partial charge < -0.3 is 11.1 Å². The molecular weight excluding hydrogens is 280 g/mol. The predicted molar refractivity (Wildman–Crippen MR) is 90.7 cm³/mol. The first-order valence-corrected chi connectivity index (χ1v) is 7.89. The Morgan fingerprint density at radius 3 is 2.57 bits per heavy atom. The van der Waals surface area contributed by atoms with Crippen LogP contribution in [-0.2, 0) is 4.79 Å². The standard InChI is InChI=1S/C17H20N2OS/c1-12-6-8-14(9-7-12)21-11-10-17(20)19-16-5-3-4-15(18)13(16)2/h3-9H,10-11,18H2,1-2H3,(H,19,20). The zero-order chi connectivity index (χ0) is 15.2. The van der Waals surface area contributed by atoms with Crippen molar-refractivity contribution in [3.63, 3.8) is 0 Å². The van der Waals surface area contributed by atoms with Crippen molar-refractivity contribution in [1.82, 2.24) is 0 Å². The van der Waals surface area contributed by atoms with Crippen molar-refractivity contribution in [3.8, 4) is 0 Å². The van der Waals surface area contributed by atoms with E-state index in [9.17, 15) is 4.79 Å². The summed E-state index contributed by atoms with van der Waals surface area (Å²) in [6.07, 6.45) is 0.479. The lowest BCUT2D eigenvalue weighted by Crippen LogP contribution is -2.13. The first kappa shape index (κ1) is 15.4. The fourth-order valence-corrected chi connectivity index (χ4v) is 2.75. The molecule has 0 unspecified atom stereocenters. The first-order valence-electron chi connectivity index (χ1n) is 6.90. The SMILES string of the molecule is Cc1ccc(SCCC(=O)Nc2cccc(N)c2C)cc1. The number of nitrogens with two attached hydrogens (primary N) is 1. The average molecular weight is 300 g/mol. The number of carbonyl (C=O) groups excluding carboxylic acids is 1. The summed E-state index contributed by atoms with van der Waals surface area (Å²) < 4.78 is 0. The summed E-state index contributed by atoms with van der Waals surface area (Å²) in [6.45, 7) is 3.97. The van der Waals surface area contributed by atoms with Crippen molar-refractivity contribution in [3.05, 3.63) is 53.6 Å². The third-order valence-electron chi connectivity index (χ3n) is 3.27. The van der Waals surface area contributed by atoms with Gasteiger partial charge in [0.15, 0.2) is 0 Å². The maximum atomic E-state index is 12.0. The lowest BCUT2D eigenvalue weighted by atomic mass is 10.1. The van der Waals surface area contributed by atoms with E-state index in [1.807, 2.05) is 25.1 Å². The van der Waals surface area contributed by atoms with E-state index in [-0.39, 0.29) is 5.91 Å². The highest BCUT2D eigenvalue weighted by Gasteiger charge is 2.06. The van der Waals surface area contributed by atoms with E-state index in [0.29, 0.717) is 12.1 Å². The largest absolute Gasteiger partial charge is 0.398 e. The van der Waals surface area contributed by atoms with Crippen LogP contribution in [0, 0.1) is 13.8 Å². The second-order valence-corrected chi connectivity index (χ2v) is 6.15. The fourth-order valence-electron chi connectivity index (χ4n) is 1.90. The maximum Gasteiger partial charge on any atom is 0.225 e. The van der Waals surface area contributed by atoms with Gasteiger partial charge in [-0.1, -0.05) is 23.8 Å². The number of carbonyl (C=O) groups is 1. The molecule has 0 fully saturated rings. The van der Waals surface area contributed by atoms with Crippen LogP contribution in [0.15, 0.2) is 47.4 Å². The van der Waals surface area contributed by atoms with Gasteiger partial charge in [0.05, 0.1) is 0 Å². The van der Waals surface area contributed by atoms with Crippen molar-refractivity contribution in [1.29, 1.82) is 0 Å². The molecule has 0 aromatic heterocycles. The molecule has 2 rings (SSSR count). The Kier molecular flexibility index (Phi) is 5.28. The summed E-state index contributed by atoms with van der Waals surface area (Å²) in [5.74, 6) is 0.777. The van der Waals surface area contributed by atoms with Crippen molar-refractivity contribution in [2.45, 2.75) is 25.2 Å². The molecule has 4 heteroatoms. The minimum absolute atomic E-state index is 0.0170. The molecule has 0 saturated carbocycles. The molecular formula is C17H20N2OS. The average Bonchev–Trinajstić information content (AvgIpc) is 2.46. The maximum absolute atomic E-state index is 12.0. The molecule has 0 aliphatic carbocycles. The summed E-state index contributed by atoms with van der Waals surface area (Å²) in [5.41, 5.74) is 9.48. The summed E-state index contributed by atoms with van der Waals surface area (Å²) >= 11 is 1.69. The highest BCUT2D eigenvalue weighted by Crippen LogP contribution is 2.22. The predicted octanol–water partition coefficient (Wildman–Crippen LogP) is 4.01. The number of aryl methyl sites for hydroxylation is 1. The Balaban J connectivity index is 1.82. The molecule has 0 aliphatic rings. The number of hydrogen-bond donors (Lipinski definition) is 2. The minimum atomic E-state index is 0.0170. The quantitative estimate of drug-likeness (QED) is 0.648. The number of amides is 1. The van der Waals surface area contributed by atoms with Crippen LogP contribution in [0.4, 0.5) is 11.4 Å². The van der Waals surface area contributed by atoms with Crippen LogP contribution >= 0.6 is 11.8 Å². The molecule has 0 aliphatic heterocycles. The van der Waals surface area contributed by atoms with Gasteiger partial charge in [0, 0.05) is 28.4 Å². The third kappa shape index (κ3) is 4.53. The Morgan fingerprint density at radius 1 is 1.14 bits per heavy atom. The van der Waals surface area contributed by atoms with Gasteiger partial charge in [0.2, 0.25) is 5.91 Å². The highest BCUT2D eigenvalue weighted by atomic mass is 32.2. The van der Waals surface area contributed by atoms with E-state index >= 15 is 0 Å². The van der Waals surface area contributed by atoms with Gasteiger partial charge in [-0.25, -0.2) is 0 Å². The van der Waals surface area contributed by atoms with Crippen molar-refractivity contribution in [2.75, 3.05) is 16.8 Å². The lowest BCUT2D eigenvalue weighted by Gasteiger charge is -2.10. The summed E-state index contributed by atoms with van der Waals surface area (Å²) in [6, 6.07) is 13.9. The lowest BCUT2D eigenvalue weighted by molar-refractivity contribution is -0.115. The third-order valence-corrected chi connectivity index (χ3v) is 4.28. The van der Waals surface area contributed by atoms with Crippen molar-refractivity contribution >= 4 is 29.0 Å². The van der Waals surface area contributed by atoms with E-state index in [1.54, 1.807) is 11.8 Å². The Bertz CT molecular complexity index is 623. The number of thioether (sulfide) groups is 1. The molecule has 2 aromatic rings. The number of nitrogens with one attached hydrogen (secondary N) is 1. The van der Waals surface area contributed by atoms with E-state index in [0.717, 1.165) is 17.0 Å². The number of hydrogen-bond acceptors (Lipinski definition) is 3. The Labute approximate surface area is 129 Å². The molecule has 110 valence electrons. The van der Waals surface area contributed by atoms with Gasteiger partial charge in [-0.15, -0.1) is 11.8 Å². The second kappa shape index (κ2) is 7.18. The van der Waals surface area contributed by atoms with Crippen LogP contribution in [0.1, 0.15) is 17.5 Å². The van der Waals surface area contributed by atoms with E-state index < -0.39 is 0 Å². The van der Waals surface area contributed by atoms with Crippen molar-refractivity contribution in [2.24, 2.45) is 0 Å². The summed E-state index contributed by atoms with van der Waals surface area (Å²) in [7, 11) is 0. The summed E-state index contributed by atoms with van der Waals surface area (Å²) in [4.78, 5) is 13.1. The normalized spacial score (nSPS) is 10.4. The van der Waals surface area contributed by atoms with E-state index in [4.69, 9.17) is 5.73 Å². The Morgan fingerprint density at radius 2 is 1.86 bits per heavy atom. The molecule has 21 heavy (non-hydrogen) atoms. The fraction of sp³-hybridized carbons (Fsp3) is 0.235. The molecule has 1 amide bonds. The molecule has 3 nitrogen and oxygen atoms in total. The highest BCUT2D eigenvalue weighted by molar-refractivity contribution is 7.99. The number of anilines is 2. The van der Waals surface area contributed by atoms with Crippen LogP contribution in [0.5, 0.6) is 0 Å². The van der Waals surface area contributed by atoms with Crippen LogP contribution in [-0.4, -0.2) is 11.7 Å². The summed E-state index contributed by atoms with van der Waals surface area (Å²) in [5, 5.41) is 2.91. The van der Waals surface area contributed by atoms with Gasteiger partial charge in [0.1, 0.15) is 0 Å². The molecule has 0 atom stereocenters. The molecule has 3 N–H and O–H groups in total. The second-order valence-electron chi connectivity index (χ2n) is 4.98. The number of benzene rings is 2. The van der Waals surface area contributed by atoms with Gasteiger partial charge in [-0.05, 0) is 43.7 Å². The first-order chi connectivity index (χ1) is 10.1. The zero-order valence-corrected chi connectivity index (χ0v) is 13.2. The molecule has 2 aromatic carbocycles. The topological polar surface area (TPSA) is 55.1 Å². The Hall–Kier alpha value is -1.94. The van der Waals surface area contributed by atoms with Gasteiger partial charge in [0.25, 0.3) is 0 Å². The van der Waals surface area contributed by atoms with Crippen LogP contribution in [0.2, 0.25) is 0 Å². The van der Waals surface area contributed by atoms with Gasteiger partial charge in [-0.2, -0.15) is 0 Å². The van der Waals surface area contributed by atoms with Crippen LogP contribution in [0.25, 0.3) is 0 Å². The molecule has 0 heterocycles. The monoisotopic (exact) mass is 300 g/mol. The molecule has 0 saturated heterocycles. The smallest absolute Gasteiger partial charge is 0.225 e. The zero-order valence-electron chi connectivity index (χ0n) is 12.3. The van der Waals surface area contributed by atoms with Crippen LogP contribution < -0.4 is 11.1 Å². The van der Waals surface area contributed by atoms with Gasteiger partial charge in [-0.3, -0.25) is 4.79 Å². The van der Waals surface area contributed by atoms with E-state index in [2.05, 4.69) is 36.5 Å². The number of rotatable bonds is 5. The number of nitrogen functional groups attached to an aromatic ring is 1. The van der Waals surface area contributed by atoms with E-state index in [1.165, 1.54) is 10.5 Å². The van der Waals surface area contributed by atoms with Crippen LogP contribution in [0.3, 0.4) is 0 Å². The molecule has 0 radical (unpaired) electrons. The molecule has 0 spiro atoms.